The summed E-state index contributed by atoms with van der Waals surface area (Å²) in [5, 5.41) is 0. The molecule has 0 atom stereocenters. The highest BCUT2D eigenvalue weighted by molar-refractivity contribution is 5.74. The van der Waals surface area contributed by atoms with Gasteiger partial charge in [0.2, 0.25) is 0 Å². The van der Waals surface area contributed by atoms with Crippen molar-refractivity contribution in [1.29, 1.82) is 0 Å². The van der Waals surface area contributed by atoms with Crippen LogP contribution < -0.4 is 0 Å². The van der Waals surface area contributed by atoms with Crippen LogP contribution in [0.25, 0.3) is 6.08 Å². The molecule has 0 radical (unpaired) electrons. The molecule has 0 aliphatic heterocycles. The van der Waals surface area contributed by atoms with E-state index >= 15 is 0 Å². The van der Waals surface area contributed by atoms with Crippen LogP contribution in [-0.4, -0.2) is 12.2 Å². The second-order valence-corrected chi connectivity index (χ2v) is 2.72. The molecule has 1 aromatic carbocycles. The molecule has 0 saturated carbocycles. The average molecular weight is 186 g/mol. The van der Waals surface area contributed by atoms with E-state index in [2.05, 4.69) is 0 Å². The van der Waals surface area contributed by atoms with Crippen molar-refractivity contribution in [3.63, 3.8) is 0 Å². The first kappa shape index (κ1) is 10.2. The van der Waals surface area contributed by atoms with E-state index < -0.39 is 0 Å². The second kappa shape index (κ2) is 5.68. The Balaban J connectivity index is 2.95. The second-order valence-electron chi connectivity index (χ2n) is 2.72. The number of allylic oxidation sites excluding steroid dienone is 2. The summed E-state index contributed by atoms with van der Waals surface area (Å²) < 4.78 is 0. The molecule has 1 aromatic rings. The lowest BCUT2D eigenvalue weighted by atomic mass is 10.0. The third-order valence-electron chi connectivity index (χ3n) is 1.81. The topological polar surface area (TPSA) is 34.1 Å². The standard InChI is InChI=1S/C12H10O2/c13-9-3-7-11-5-1-2-6-12(11)8-4-10-14/h1-7,9H,8H2/b7-3+. The van der Waals surface area contributed by atoms with E-state index in [1.807, 2.05) is 24.3 Å². The van der Waals surface area contributed by atoms with Gasteiger partial charge in [0.15, 0.2) is 0 Å². The zero-order chi connectivity index (χ0) is 10.2. The Labute approximate surface area is 82.6 Å². The number of carbonyl (C=O) groups is 1. The summed E-state index contributed by atoms with van der Waals surface area (Å²) in [5.41, 5.74) is 1.96. The zero-order valence-electron chi connectivity index (χ0n) is 7.64. The maximum Gasteiger partial charge on any atom is 0.142 e. The van der Waals surface area contributed by atoms with Crippen molar-refractivity contribution in [3.8, 4) is 0 Å². The summed E-state index contributed by atoms with van der Waals surface area (Å²) in [7, 11) is 0. The molecule has 0 heterocycles. The molecule has 0 amide bonds. The minimum Gasteiger partial charge on any atom is -0.299 e. The minimum atomic E-state index is 0.545. The Bertz CT molecular complexity index is 385. The number of hydrogen-bond acceptors (Lipinski definition) is 2. The van der Waals surface area contributed by atoms with E-state index in [-0.39, 0.29) is 0 Å². The Morgan fingerprint density at radius 2 is 2.07 bits per heavy atom. The molecule has 2 heteroatoms. The minimum absolute atomic E-state index is 0.545. The molecule has 0 spiro atoms. The summed E-state index contributed by atoms with van der Waals surface area (Å²) in [6.07, 6.45) is 5.85. The van der Waals surface area contributed by atoms with E-state index in [4.69, 9.17) is 0 Å². The lowest BCUT2D eigenvalue weighted by Crippen LogP contribution is -1.86. The van der Waals surface area contributed by atoms with E-state index in [0.717, 1.165) is 17.4 Å². The Hall–Kier alpha value is -1.92. The molecule has 0 aromatic heterocycles. The highest BCUT2D eigenvalue weighted by Gasteiger charge is 1.95. The van der Waals surface area contributed by atoms with Gasteiger partial charge in [-0.15, -0.1) is 0 Å². The van der Waals surface area contributed by atoms with Gasteiger partial charge in [0.25, 0.3) is 0 Å². The van der Waals surface area contributed by atoms with Crippen molar-refractivity contribution in [2.75, 3.05) is 0 Å². The molecule has 14 heavy (non-hydrogen) atoms. The summed E-state index contributed by atoms with van der Waals surface area (Å²) >= 11 is 0. The highest BCUT2D eigenvalue weighted by Crippen LogP contribution is 2.11. The van der Waals surface area contributed by atoms with Crippen LogP contribution in [0, 0.1) is 0 Å². The molecular weight excluding hydrogens is 176 g/mol. The summed E-state index contributed by atoms with van der Waals surface area (Å²) in [4.78, 5) is 20.2. The van der Waals surface area contributed by atoms with Crippen molar-refractivity contribution in [1.82, 2.24) is 0 Å². The Morgan fingerprint density at radius 1 is 1.29 bits per heavy atom. The predicted octanol–water partition coefficient (Wildman–Crippen LogP) is 1.83. The molecule has 0 N–H and O–H groups in total. The number of benzene rings is 1. The molecule has 0 saturated heterocycles. The first-order valence-electron chi connectivity index (χ1n) is 4.27. The van der Waals surface area contributed by atoms with Crippen molar-refractivity contribution >= 4 is 18.3 Å². The summed E-state index contributed by atoms with van der Waals surface area (Å²) in [5.74, 6) is 1.73. The summed E-state index contributed by atoms with van der Waals surface area (Å²) in [6, 6.07) is 7.59. The molecular formula is C12H10O2. The van der Waals surface area contributed by atoms with Gasteiger partial charge in [0.1, 0.15) is 12.2 Å². The molecule has 0 fully saturated rings. The Morgan fingerprint density at radius 3 is 2.79 bits per heavy atom. The molecule has 0 bridgehead atoms. The first-order valence-corrected chi connectivity index (χ1v) is 4.27. The van der Waals surface area contributed by atoms with Crippen molar-refractivity contribution in [3.05, 3.63) is 47.5 Å². The smallest absolute Gasteiger partial charge is 0.142 e. The fourth-order valence-corrected chi connectivity index (χ4v) is 1.18. The number of aldehydes is 1. The van der Waals surface area contributed by atoms with Crippen LogP contribution in [0.15, 0.2) is 36.4 Å². The third kappa shape index (κ3) is 2.85. The van der Waals surface area contributed by atoms with Crippen LogP contribution >= 0.6 is 0 Å². The lowest BCUT2D eigenvalue weighted by Gasteiger charge is -2.00. The van der Waals surface area contributed by atoms with Crippen LogP contribution in [0.3, 0.4) is 0 Å². The summed E-state index contributed by atoms with van der Waals surface area (Å²) in [6.45, 7) is 0. The van der Waals surface area contributed by atoms with Crippen LogP contribution in [0.5, 0.6) is 0 Å². The first-order chi connectivity index (χ1) is 6.88. The predicted molar refractivity (Wildman–Crippen MR) is 55.5 cm³/mol. The number of carbonyl (C=O) groups excluding carboxylic acids is 2. The van der Waals surface area contributed by atoms with E-state index in [1.54, 1.807) is 12.0 Å². The van der Waals surface area contributed by atoms with E-state index in [1.165, 1.54) is 12.2 Å². The fraction of sp³-hybridized carbons (Fsp3) is 0.0833. The van der Waals surface area contributed by atoms with Gasteiger partial charge in [-0.1, -0.05) is 30.3 Å². The maximum absolute atomic E-state index is 10.1. The van der Waals surface area contributed by atoms with E-state index in [0.29, 0.717) is 6.42 Å². The molecule has 0 unspecified atom stereocenters. The molecule has 70 valence electrons. The van der Waals surface area contributed by atoms with Gasteiger partial charge in [-0.2, -0.15) is 0 Å². The molecule has 0 aliphatic carbocycles. The molecule has 1 rings (SSSR count). The van der Waals surface area contributed by atoms with Crippen LogP contribution in [0.2, 0.25) is 0 Å². The van der Waals surface area contributed by atoms with Gasteiger partial charge in [0, 0.05) is 12.5 Å². The third-order valence-corrected chi connectivity index (χ3v) is 1.81. The SMILES string of the molecule is O=C=CCc1ccccc1/C=C/C=O. The van der Waals surface area contributed by atoms with Gasteiger partial charge in [-0.05, 0) is 17.2 Å². The van der Waals surface area contributed by atoms with Gasteiger partial charge >= 0.3 is 0 Å². The van der Waals surface area contributed by atoms with Gasteiger partial charge < -0.3 is 0 Å². The van der Waals surface area contributed by atoms with E-state index in [9.17, 15) is 9.59 Å². The fourth-order valence-electron chi connectivity index (χ4n) is 1.18. The highest BCUT2D eigenvalue weighted by atomic mass is 16.1. The van der Waals surface area contributed by atoms with Gasteiger partial charge in [-0.25, -0.2) is 4.79 Å². The van der Waals surface area contributed by atoms with Gasteiger partial charge in [0.05, 0.1) is 0 Å². The van der Waals surface area contributed by atoms with Crippen molar-refractivity contribution in [2.24, 2.45) is 0 Å². The maximum atomic E-state index is 10.1. The molecule has 0 aliphatic rings. The van der Waals surface area contributed by atoms with Crippen LogP contribution in [-0.2, 0) is 16.0 Å². The monoisotopic (exact) mass is 186 g/mol. The van der Waals surface area contributed by atoms with Gasteiger partial charge in [-0.3, -0.25) is 4.79 Å². The quantitative estimate of drug-likeness (QED) is 0.408. The Kier molecular flexibility index (Phi) is 4.12. The van der Waals surface area contributed by atoms with Crippen LogP contribution in [0.4, 0.5) is 0 Å². The normalized spacial score (nSPS) is 9.71. The average Bonchev–Trinajstić information content (AvgIpc) is 2.24. The van der Waals surface area contributed by atoms with Crippen molar-refractivity contribution < 1.29 is 9.59 Å². The number of hydrogen-bond donors (Lipinski definition) is 0. The lowest BCUT2D eigenvalue weighted by molar-refractivity contribution is -0.104. The van der Waals surface area contributed by atoms with Crippen LogP contribution in [0.1, 0.15) is 11.1 Å². The van der Waals surface area contributed by atoms with Crippen molar-refractivity contribution in [2.45, 2.75) is 6.42 Å². The molecule has 2 nitrogen and oxygen atoms in total. The zero-order valence-corrected chi connectivity index (χ0v) is 7.64. The largest absolute Gasteiger partial charge is 0.299 e. The number of rotatable bonds is 4.